The molecule has 1 aromatic heterocycles. The zero-order valence-electron chi connectivity index (χ0n) is 6.10. The second-order valence-corrected chi connectivity index (χ2v) is 2.57. The van der Waals surface area contributed by atoms with Crippen molar-refractivity contribution in [2.24, 2.45) is 5.73 Å². The highest BCUT2D eigenvalue weighted by molar-refractivity contribution is 6.31. The van der Waals surface area contributed by atoms with Crippen LogP contribution >= 0.6 is 11.6 Å². The first kappa shape index (κ1) is 9.35. The normalized spacial score (nSPS) is 10.8. The average Bonchev–Trinajstić information content (AvgIpc) is 2.03. The summed E-state index contributed by atoms with van der Waals surface area (Å²) in [6.07, 6.45) is -1.26. The average molecular weight is 193 g/mol. The fraction of sp³-hybridized carbons (Fsp3) is 0.286. The topological polar surface area (TPSA) is 38.9 Å². The molecule has 0 fully saturated rings. The van der Waals surface area contributed by atoms with Crippen LogP contribution in [0.1, 0.15) is 17.7 Å². The molecule has 1 heterocycles. The number of hydrogen-bond donors (Lipinski definition) is 1. The molecule has 0 amide bonds. The van der Waals surface area contributed by atoms with Crippen molar-refractivity contribution < 1.29 is 8.78 Å². The molecule has 0 radical (unpaired) electrons. The molecular formula is C7H7ClF2N2. The molecule has 0 spiro atoms. The summed E-state index contributed by atoms with van der Waals surface area (Å²) in [6, 6.07) is 1.32. The zero-order chi connectivity index (χ0) is 9.14. The minimum Gasteiger partial charge on any atom is -0.325 e. The van der Waals surface area contributed by atoms with Crippen molar-refractivity contribution in [1.82, 2.24) is 4.98 Å². The lowest BCUT2D eigenvalue weighted by Gasteiger charge is -2.06. The molecule has 1 rings (SSSR count). The highest BCUT2D eigenvalue weighted by Crippen LogP contribution is 2.28. The first-order valence-electron chi connectivity index (χ1n) is 3.28. The highest BCUT2D eigenvalue weighted by Gasteiger charge is 2.16. The minimum atomic E-state index is -2.62. The van der Waals surface area contributed by atoms with Crippen LogP contribution in [0.2, 0.25) is 5.02 Å². The Morgan fingerprint density at radius 1 is 1.58 bits per heavy atom. The number of aromatic nitrogens is 1. The summed E-state index contributed by atoms with van der Waals surface area (Å²) in [5.74, 6) is 0. The Morgan fingerprint density at radius 3 is 2.67 bits per heavy atom. The maximum atomic E-state index is 12.3. The van der Waals surface area contributed by atoms with E-state index in [2.05, 4.69) is 4.98 Å². The van der Waals surface area contributed by atoms with Gasteiger partial charge in [0.25, 0.3) is 6.43 Å². The summed E-state index contributed by atoms with van der Waals surface area (Å²) in [5, 5.41) is 0.0143. The third-order valence-corrected chi connectivity index (χ3v) is 1.76. The minimum absolute atomic E-state index is 0.0143. The van der Waals surface area contributed by atoms with Crippen molar-refractivity contribution in [3.8, 4) is 0 Å². The van der Waals surface area contributed by atoms with Crippen molar-refractivity contribution in [2.45, 2.75) is 13.0 Å². The van der Waals surface area contributed by atoms with Gasteiger partial charge in [-0.2, -0.15) is 0 Å². The lowest BCUT2D eigenvalue weighted by Crippen LogP contribution is -2.05. The molecule has 0 saturated heterocycles. The molecule has 5 heteroatoms. The summed E-state index contributed by atoms with van der Waals surface area (Å²) in [6.45, 7) is -0.0275. The van der Waals surface area contributed by atoms with Gasteiger partial charge >= 0.3 is 0 Å². The van der Waals surface area contributed by atoms with Crippen LogP contribution in [-0.2, 0) is 6.54 Å². The Balaban J connectivity index is 3.20. The molecule has 0 aliphatic heterocycles. The Hall–Kier alpha value is -0.740. The lowest BCUT2D eigenvalue weighted by molar-refractivity contribution is 0.150. The van der Waals surface area contributed by atoms with Gasteiger partial charge in [-0.15, -0.1) is 0 Å². The van der Waals surface area contributed by atoms with Gasteiger partial charge in [0.1, 0.15) is 0 Å². The molecule has 2 N–H and O–H groups in total. The van der Waals surface area contributed by atoms with Gasteiger partial charge in [0.05, 0.1) is 16.3 Å². The maximum absolute atomic E-state index is 12.3. The van der Waals surface area contributed by atoms with Crippen LogP contribution in [-0.4, -0.2) is 4.98 Å². The summed E-state index contributed by atoms with van der Waals surface area (Å²) < 4.78 is 24.6. The van der Waals surface area contributed by atoms with Crippen LogP contribution < -0.4 is 5.73 Å². The summed E-state index contributed by atoms with van der Waals surface area (Å²) >= 11 is 5.53. The Labute approximate surface area is 73.4 Å². The van der Waals surface area contributed by atoms with Crippen molar-refractivity contribution in [3.05, 3.63) is 28.5 Å². The van der Waals surface area contributed by atoms with Crippen LogP contribution in [0, 0.1) is 0 Å². The third kappa shape index (κ3) is 1.70. The van der Waals surface area contributed by atoms with Crippen LogP contribution in [0.3, 0.4) is 0 Å². The van der Waals surface area contributed by atoms with E-state index in [9.17, 15) is 8.78 Å². The molecule has 2 nitrogen and oxygen atoms in total. The molecule has 0 aliphatic carbocycles. The SMILES string of the molecule is NCc1nccc(Cl)c1C(F)F. The predicted molar refractivity (Wildman–Crippen MR) is 42.1 cm³/mol. The van der Waals surface area contributed by atoms with Gasteiger partial charge in [-0.1, -0.05) is 11.6 Å². The van der Waals surface area contributed by atoms with Crippen molar-refractivity contribution in [1.29, 1.82) is 0 Å². The summed E-state index contributed by atoms with van der Waals surface area (Å²) in [7, 11) is 0. The van der Waals surface area contributed by atoms with Gasteiger partial charge < -0.3 is 5.73 Å². The number of alkyl halides is 2. The second-order valence-electron chi connectivity index (χ2n) is 2.16. The van der Waals surface area contributed by atoms with E-state index in [1.54, 1.807) is 0 Å². The Kier molecular flexibility index (Phi) is 2.94. The predicted octanol–water partition coefficient (Wildman–Crippen LogP) is 2.13. The van der Waals surface area contributed by atoms with Crippen LogP contribution in [0.5, 0.6) is 0 Å². The number of nitrogens with two attached hydrogens (primary N) is 1. The van der Waals surface area contributed by atoms with Crippen molar-refractivity contribution >= 4 is 11.6 Å². The van der Waals surface area contributed by atoms with Crippen LogP contribution in [0.15, 0.2) is 12.3 Å². The van der Waals surface area contributed by atoms with Gasteiger partial charge in [0, 0.05) is 12.7 Å². The van der Waals surface area contributed by atoms with E-state index in [0.29, 0.717) is 0 Å². The number of hydrogen-bond acceptors (Lipinski definition) is 2. The van der Waals surface area contributed by atoms with E-state index >= 15 is 0 Å². The molecule has 0 atom stereocenters. The van der Waals surface area contributed by atoms with E-state index in [1.165, 1.54) is 12.3 Å². The fourth-order valence-corrected chi connectivity index (χ4v) is 1.13. The van der Waals surface area contributed by atoms with Gasteiger partial charge in [0.2, 0.25) is 0 Å². The number of rotatable bonds is 2. The smallest absolute Gasteiger partial charge is 0.267 e. The lowest BCUT2D eigenvalue weighted by atomic mass is 10.2. The first-order chi connectivity index (χ1) is 5.66. The molecule has 12 heavy (non-hydrogen) atoms. The van der Waals surface area contributed by atoms with Crippen molar-refractivity contribution in [3.63, 3.8) is 0 Å². The Morgan fingerprint density at radius 2 is 2.25 bits per heavy atom. The number of halogens is 3. The molecule has 0 bridgehead atoms. The summed E-state index contributed by atoms with van der Waals surface area (Å²) in [4.78, 5) is 3.69. The standard InChI is InChI=1S/C7H7ClF2N2/c8-4-1-2-12-5(3-11)6(4)7(9)10/h1-2,7H,3,11H2. The van der Waals surface area contributed by atoms with Crippen molar-refractivity contribution in [2.75, 3.05) is 0 Å². The van der Waals surface area contributed by atoms with Gasteiger partial charge in [0.15, 0.2) is 0 Å². The number of nitrogens with zero attached hydrogens (tertiary/aromatic N) is 1. The van der Waals surface area contributed by atoms with Gasteiger partial charge in [-0.05, 0) is 6.07 Å². The highest BCUT2D eigenvalue weighted by atomic mass is 35.5. The molecule has 0 saturated carbocycles. The molecule has 0 aromatic carbocycles. The van der Waals surface area contributed by atoms with Crippen LogP contribution in [0.25, 0.3) is 0 Å². The van der Waals surface area contributed by atoms with E-state index in [-0.39, 0.29) is 22.8 Å². The zero-order valence-corrected chi connectivity index (χ0v) is 6.85. The van der Waals surface area contributed by atoms with E-state index < -0.39 is 6.43 Å². The number of pyridine rings is 1. The van der Waals surface area contributed by atoms with Gasteiger partial charge in [-0.25, -0.2) is 8.78 Å². The maximum Gasteiger partial charge on any atom is 0.267 e. The second kappa shape index (κ2) is 3.78. The van der Waals surface area contributed by atoms with Gasteiger partial charge in [-0.3, -0.25) is 4.98 Å². The molecule has 0 aliphatic rings. The third-order valence-electron chi connectivity index (χ3n) is 1.43. The largest absolute Gasteiger partial charge is 0.325 e. The quantitative estimate of drug-likeness (QED) is 0.780. The summed E-state index contributed by atoms with van der Waals surface area (Å²) in [5.41, 5.74) is 5.09. The molecule has 66 valence electrons. The Bertz CT molecular complexity index is 278. The first-order valence-corrected chi connectivity index (χ1v) is 3.66. The van der Waals surface area contributed by atoms with E-state index in [0.717, 1.165) is 0 Å². The molecular weight excluding hydrogens is 186 g/mol. The van der Waals surface area contributed by atoms with E-state index in [1.807, 2.05) is 0 Å². The van der Waals surface area contributed by atoms with E-state index in [4.69, 9.17) is 17.3 Å². The van der Waals surface area contributed by atoms with Crippen LogP contribution in [0.4, 0.5) is 8.78 Å². The molecule has 1 aromatic rings. The monoisotopic (exact) mass is 192 g/mol. The fourth-order valence-electron chi connectivity index (χ4n) is 0.883. The molecule has 0 unspecified atom stereocenters.